The van der Waals surface area contributed by atoms with E-state index >= 15 is 0 Å². The van der Waals surface area contributed by atoms with E-state index < -0.39 is 0 Å². The van der Waals surface area contributed by atoms with Crippen molar-refractivity contribution in [2.24, 2.45) is 0 Å². The minimum atomic E-state index is -0.367. The van der Waals surface area contributed by atoms with Crippen molar-refractivity contribution in [3.8, 4) is 5.82 Å². The van der Waals surface area contributed by atoms with E-state index in [1.165, 1.54) is 17.4 Å². The zero-order valence-corrected chi connectivity index (χ0v) is 15.5. The quantitative estimate of drug-likeness (QED) is 0.586. The highest BCUT2D eigenvalue weighted by atomic mass is 32.1. The summed E-state index contributed by atoms with van der Waals surface area (Å²) in [6.45, 7) is 3.57. The van der Waals surface area contributed by atoms with Crippen molar-refractivity contribution in [2.75, 3.05) is 5.32 Å². The Morgan fingerprint density at radius 1 is 1.15 bits per heavy atom. The first kappa shape index (κ1) is 17.1. The van der Waals surface area contributed by atoms with Gasteiger partial charge in [0.1, 0.15) is 6.54 Å². The molecule has 0 saturated heterocycles. The van der Waals surface area contributed by atoms with Gasteiger partial charge in [-0.1, -0.05) is 23.5 Å². The van der Waals surface area contributed by atoms with E-state index in [2.05, 4.69) is 20.5 Å². The summed E-state index contributed by atoms with van der Waals surface area (Å²) in [6, 6.07) is 12.5. The molecular formula is C18H16N6O2S. The Labute approximate surface area is 158 Å². The number of benzene rings is 1. The van der Waals surface area contributed by atoms with E-state index in [0.29, 0.717) is 10.9 Å². The molecule has 9 heteroatoms. The van der Waals surface area contributed by atoms with Gasteiger partial charge in [-0.15, -0.1) is 5.10 Å². The highest BCUT2D eigenvalue weighted by Gasteiger charge is 2.12. The normalized spacial score (nSPS) is 11.0. The third-order valence-electron chi connectivity index (χ3n) is 3.91. The summed E-state index contributed by atoms with van der Waals surface area (Å²) in [6.07, 6.45) is 0. The van der Waals surface area contributed by atoms with Gasteiger partial charge >= 0.3 is 0 Å². The molecule has 4 aromatic rings. The van der Waals surface area contributed by atoms with Gasteiger partial charge in [-0.25, -0.2) is 14.3 Å². The van der Waals surface area contributed by atoms with E-state index in [9.17, 15) is 9.59 Å². The number of rotatable bonds is 4. The molecule has 0 fully saturated rings. The Morgan fingerprint density at radius 2 is 1.96 bits per heavy atom. The predicted molar refractivity (Wildman–Crippen MR) is 103 cm³/mol. The van der Waals surface area contributed by atoms with Crippen molar-refractivity contribution < 1.29 is 4.79 Å². The average Bonchev–Trinajstić information content (AvgIpc) is 3.18. The van der Waals surface area contributed by atoms with Crippen molar-refractivity contribution in [1.82, 2.24) is 24.5 Å². The molecule has 0 aliphatic heterocycles. The van der Waals surface area contributed by atoms with Crippen LogP contribution in [0.5, 0.6) is 0 Å². The van der Waals surface area contributed by atoms with Crippen LogP contribution in [0, 0.1) is 13.8 Å². The highest BCUT2D eigenvalue weighted by Crippen LogP contribution is 2.25. The van der Waals surface area contributed by atoms with Crippen LogP contribution in [0.25, 0.3) is 16.0 Å². The number of amides is 1. The number of para-hydroxylation sites is 1. The summed E-state index contributed by atoms with van der Waals surface area (Å²) in [4.78, 5) is 28.8. The number of nitrogens with one attached hydrogen (secondary N) is 1. The lowest BCUT2D eigenvalue weighted by molar-refractivity contribution is -0.117. The van der Waals surface area contributed by atoms with Crippen LogP contribution in [0.2, 0.25) is 0 Å². The number of carbonyl (C=O) groups excluding carboxylic acids is 1. The second-order valence-corrected chi connectivity index (χ2v) is 7.09. The van der Waals surface area contributed by atoms with Crippen LogP contribution in [-0.2, 0) is 11.3 Å². The Balaban J connectivity index is 1.56. The topological polar surface area (TPSA) is 94.7 Å². The molecule has 0 unspecified atom stereocenters. The standard InChI is InChI=1S/C18H16N6O2S/c1-11-9-12(2)24(21-11)15-7-8-17(26)23(22-15)10-16(25)20-18-19-13-5-3-4-6-14(13)27-18/h3-9H,10H2,1-2H3,(H,19,20,25). The summed E-state index contributed by atoms with van der Waals surface area (Å²) in [5.74, 6) is 0.113. The number of nitrogens with zero attached hydrogens (tertiary/aromatic N) is 5. The van der Waals surface area contributed by atoms with E-state index in [1.807, 2.05) is 44.2 Å². The van der Waals surface area contributed by atoms with Crippen molar-refractivity contribution in [3.05, 3.63) is 64.2 Å². The molecule has 0 radical (unpaired) electrons. The van der Waals surface area contributed by atoms with Crippen LogP contribution in [-0.4, -0.2) is 30.5 Å². The fraction of sp³-hybridized carbons (Fsp3) is 0.167. The maximum atomic E-state index is 12.4. The fourth-order valence-corrected chi connectivity index (χ4v) is 3.63. The van der Waals surface area contributed by atoms with Crippen molar-refractivity contribution in [3.63, 3.8) is 0 Å². The largest absolute Gasteiger partial charge is 0.300 e. The van der Waals surface area contributed by atoms with E-state index in [4.69, 9.17) is 0 Å². The van der Waals surface area contributed by atoms with Crippen molar-refractivity contribution in [2.45, 2.75) is 20.4 Å². The average molecular weight is 380 g/mol. The summed E-state index contributed by atoms with van der Waals surface area (Å²) in [5, 5.41) is 11.8. The lowest BCUT2D eigenvalue weighted by atomic mass is 10.3. The minimum absolute atomic E-state index is 0.206. The molecule has 1 amide bonds. The van der Waals surface area contributed by atoms with E-state index in [-0.39, 0.29) is 18.0 Å². The number of aryl methyl sites for hydroxylation is 2. The Kier molecular flexibility index (Phi) is 4.28. The van der Waals surface area contributed by atoms with Crippen LogP contribution in [0.1, 0.15) is 11.4 Å². The summed E-state index contributed by atoms with van der Waals surface area (Å²) in [7, 11) is 0. The summed E-state index contributed by atoms with van der Waals surface area (Å²) >= 11 is 1.38. The van der Waals surface area contributed by atoms with Crippen LogP contribution in [0.15, 0.2) is 47.3 Å². The molecule has 0 saturated carbocycles. The number of fused-ring (bicyclic) bond motifs is 1. The van der Waals surface area contributed by atoms with Gasteiger partial charge in [0.25, 0.3) is 5.56 Å². The summed E-state index contributed by atoms with van der Waals surface area (Å²) < 4.78 is 3.74. The van der Waals surface area contributed by atoms with Gasteiger partial charge in [0, 0.05) is 11.8 Å². The molecule has 0 spiro atoms. The van der Waals surface area contributed by atoms with Gasteiger partial charge in [-0.05, 0) is 38.1 Å². The van der Waals surface area contributed by atoms with Crippen molar-refractivity contribution in [1.29, 1.82) is 0 Å². The fourth-order valence-electron chi connectivity index (χ4n) is 2.75. The second-order valence-electron chi connectivity index (χ2n) is 6.06. The number of hydrogen-bond donors (Lipinski definition) is 1. The first-order valence-corrected chi connectivity index (χ1v) is 9.08. The molecule has 3 heterocycles. The molecule has 8 nitrogen and oxygen atoms in total. The maximum Gasteiger partial charge on any atom is 0.267 e. The molecule has 3 aromatic heterocycles. The lowest BCUT2D eigenvalue weighted by Crippen LogP contribution is -2.30. The SMILES string of the molecule is Cc1cc(C)n(-c2ccc(=O)n(CC(=O)Nc3nc4ccccc4s3)n2)n1. The molecule has 0 bridgehead atoms. The smallest absolute Gasteiger partial charge is 0.267 e. The Hall–Kier alpha value is -3.33. The molecule has 0 atom stereocenters. The van der Waals surface area contributed by atoms with Crippen LogP contribution in [0.4, 0.5) is 5.13 Å². The monoisotopic (exact) mass is 380 g/mol. The first-order chi connectivity index (χ1) is 13.0. The predicted octanol–water partition coefficient (Wildman–Crippen LogP) is 2.29. The molecule has 0 aliphatic carbocycles. The number of carbonyl (C=O) groups is 1. The van der Waals surface area contributed by atoms with E-state index in [0.717, 1.165) is 26.3 Å². The van der Waals surface area contributed by atoms with Gasteiger partial charge in [0.15, 0.2) is 10.9 Å². The molecule has 136 valence electrons. The third kappa shape index (κ3) is 3.49. The molecule has 0 aliphatic rings. The summed E-state index contributed by atoms with van der Waals surface area (Å²) in [5.41, 5.74) is 2.20. The minimum Gasteiger partial charge on any atom is -0.300 e. The van der Waals surface area contributed by atoms with Crippen molar-refractivity contribution >= 4 is 32.6 Å². The molecule has 27 heavy (non-hydrogen) atoms. The number of aromatic nitrogens is 5. The number of anilines is 1. The number of hydrogen-bond acceptors (Lipinski definition) is 6. The van der Waals surface area contributed by atoms with Crippen LogP contribution >= 0.6 is 11.3 Å². The first-order valence-electron chi connectivity index (χ1n) is 8.27. The van der Waals surface area contributed by atoms with Gasteiger partial charge in [0.2, 0.25) is 5.91 Å². The zero-order chi connectivity index (χ0) is 19.0. The zero-order valence-electron chi connectivity index (χ0n) is 14.7. The lowest BCUT2D eigenvalue weighted by Gasteiger charge is -2.08. The second kappa shape index (κ2) is 6.76. The van der Waals surface area contributed by atoms with Crippen LogP contribution < -0.4 is 10.9 Å². The molecule has 4 rings (SSSR count). The maximum absolute atomic E-state index is 12.4. The third-order valence-corrected chi connectivity index (χ3v) is 4.86. The Bertz CT molecular complexity index is 1170. The molecule has 1 aromatic carbocycles. The van der Waals surface area contributed by atoms with Crippen LogP contribution in [0.3, 0.4) is 0 Å². The van der Waals surface area contributed by atoms with Gasteiger partial charge in [0.05, 0.1) is 15.9 Å². The van der Waals surface area contributed by atoms with Gasteiger partial charge in [-0.3, -0.25) is 9.59 Å². The molecule has 1 N–H and O–H groups in total. The Morgan fingerprint density at radius 3 is 2.70 bits per heavy atom. The highest BCUT2D eigenvalue weighted by molar-refractivity contribution is 7.22. The number of thiazole rings is 1. The van der Waals surface area contributed by atoms with Gasteiger partial charge < -0.3 is 5.32 Å². The van der Waals surface area contributed by atoms with Gasteiger partial charge in [-0.2, -0.15) is 5.10 Å². The molecular weight excluding hydrogens is 364 g/mol. The van der Waals surface area contributed by atoms with E-state index in [1.54, 1.807) is 10.7 Å².